The van der Waals surface area contributed by atoms with Crippen LogP contribution in [-0.4, -0.2) is 104 Å². The molecule has 2 radical (unpaired) electrons. The molecule has 1 aliphatic heterocycles. The van der Waals surface area contributed by atoms with Gasteiger partial charge in [-0.05, 0) is 37.5 Å². The largest absolute Gasteiger partial charge is 0.459 e. The molecule has 5 rings (SSSR count). The van der Waals surface area contributed by atoms with E-state index in [-0.39, 0.29) is 112 Å². The molecule has 2 bridgehead atoms. The van der Waals surface area contributed by atoms with Crippen LogP contribution in [0, 0.1) is 112 Å². The van der Waals surface area contributed by atoms with Crippen LogP contribution in [0.15, 0.2) is 35.4 Å². The molecule has 1 saturated heterocycles. The van der Waals surface area contributed by atoms with Crippen molar-refractivity contribution in [3.05, 3.63) is 46.5 Å². The third-order valence-electron chi connectivity index (χ3n) is 11.3. The van der Waals surface area contributed by atoms with Crippen LogP contribution in [0.2, 0.25) is 0 Å². The number of esters is 2. The van der Waals surface area contributed by atoms with E-state index in [0.717, 1.165) is 12.5 Å². The monoisotopic (exact) mass is 1110 g/mol. The summed E-state index contributed by atoms with van der Waals surface area (Å²) in [4.78, 5) is 52.7. The standard InChI is InChI=1S/C34H45NO12.2Ac/c1-15-8-10-19(11-9-15)24(35-17(3)36)26(40)30(42)47-20-13-34(44)29(46-18(4)37)27-32(7,21(38)12-22-33(27,43)14-45-22)28(41)25(39)23(16(20)2)31(34,5)6;;/h8-11,20-22,24-27,29,38-40,43-44H,12-14H2,1-7H3,(H,35,36);;/t20-,21-,22+,24-,25+,26+,27-,29-,32+,33-,34+;;/m0../s1. The summed E-state index contributed by atoms with van der Waals surface area (Å²) in [5.74, 6) is -4.84. The average molecular weight is 1110 g/mol. The zero-order valence-electron chi connectivity index (χ0n) is 28.8. The zero-order valence-corrected chi connectivity index (χ0v) is 38.3. The number of aliphatic hydroxyl groups excluding tert-OH is 3. The van der Waals surface area contributed by atoms with Gasteiger partial charge in [0.2, 0.25) is 5.91 Å². The topological polar surface area (TPSA) is 209 Å². The van der Waals surface area contributed by atoms with E-state index in [9.17, 15) is 44.7 Å². The number of rotatable bonds is 6. The number of ketones is 1. The summed E-state index contributed by atoms with van der Waals surface area (Å²) in [6.07, 6.45) is -9.81. The van der Waals surface area contributed by atoms with Crippen molar-refractivity contribution < 1.29 is 147 Å². The van der Waals surface area contributed by atoms with Crippen LogP contribution in [0.3, 0.4) is 0 Å². The molecule has 4 aliphatic rings. The number of nitrogens with one attached hydrogen (secondary N) is 1. The second-order valence-electron chi connectivity index (χ2n) is 14.4. The molecule has 1 aromatic carbocycles. The Morgan fingerprint density at radius 2 is 1.59 bits per heavy atom. The first-order valence-corrected chi connectivity index (χ1v) is 15.8. The molecule has 3 fully saturated rings. The van der Waals surface area contributed by atoms with Crippen LogP contribution >= 0.6 is 0 Å². The van der Waals surface area contributed by atoms with Crippen LogP contribution in [0.4, 0.5) is 0 Å². The third-order valence-corrected chi connectivity index (χ3v) is 11.3. The first-order valence-electron chi connectivity index (χ1n) is 15.8. The number of benzene rings is 1. The van der Waals surface area contributed by atoms with Crippen LogP contribution < -0.4 is 5.32 Å². The summed E-state index contributed by atoms with van der Waals surface area (Å²) in [5.41, 5.74) is -5.92. The molecule has 0 aromatic heterocycles. The van der Waals surface area contributed by atoms with Crippen molar-refractivity contribution in [3.8, 4) is 0 Å². The summed E-state index contributed by atoms with van der Waals surface area (Å²) in [6.45, 7) is 9.91. The summed E-state index contributed by atoms with van der Waals surface area (Å²) in [5, 5.41) is 61.7. The van der Waals surface area contributed by atoms with Gasteiger partial charge in [0, 0.05) is 126 Å². The van der Waals surface area contributed by atoms with Gasteiger partial charge in [0.25, 0.3) is 0 Å². The SMILES string of the molecule is CC(=O)N[C@@H](c1ccc(C)cc1)[C@@H](O)C(=O)O[C@H]1C[C@@]2(O)[C@@H](OC(C)=O)[C@@H]3[C@]4(O)CO[C@@H]4C[C@H](O)[C@@]3(C)C(=O)[C@H](O)C(=C1C)C2(C)C.[Ac].[Ac]. The van der Waals surface area contributed by atoms with Gasteiger partial charge in [-0.3, -0.25) is 14.4 Å². The molecule has 3 aliphatic carbocycles. The van der Waals surface area contributed by atoms with Crippen LogP contribution in [0.1, 0.15) is 71.6 Å². The van der Waals surface area contributed by atoms with Crippen molar-refractivity contribution in [2.75, 3.05) is 6.61 Å². The first kappa shape index (κ1) is 43.1. The van der Waals surface area contributed by atoms with E-state index in [1.54, 1.807) is 38.1 Å². The minimum atomic E-state index is -2.21. The van der Waals surface area contributed by atoms with Gasteiger partial charge in [0.1, 0.15) is 29.5 Å². The minimum Gasteiger partial charge on any atom is -0.459 e. The average Bonchev–Trinajstić information content (AvgIpc) is 2.98. The molecule has 49 heavy (non-hydrogen) atoms. The molecule has 0 unspecified atom stereocenters. The number of carbonyl (C=O) groups excluding carboxylic acids is 4. The molecule has 13 nitrogen and oxygen atoms in total. The van der Waals surface area contributed by atoms with Gasteiger partial charge in [-0.1, -0.05) is 43.7 Å². The Morgan fingerprint density at radius 3 is 2.10 bits per heavy atom. The fourth-order valence-electron chi connectivity index (χ4n) is 8.48. The third kappa shape index (κ3) is 6.95. The first-order chi connectivity index (χ1) is 21.7. The van der Waals surface area contributed by atoms with Gasteiger partial charge < -0.3 is 45.1 Å². The Labute approximate surface area is 357 Å². The zero-order chi connectivity index (χ0) is 35.0. The maximum absolute atomic E-state index is 14.4. The van der Waals surface area contributed by atoms with Gasteiger partial charge in [0.15, 0.2) is 11.9 Å². The van der Waals surface area contributed by atoms with E-state index >= 15 is 0 Å². The van der Waals surface area contributed by atoms with Crippen LogP contribution in [0.5, 0.6) is 0 Å². The number of aryl methyl sites for hydroxylation is 1. The van der Waals surface area contributed by atoms with Crippen molar-refractivity contribution in [2.24, 2.45) is 16.7 Å². The molecular formula is C34H45Ac2NO12. The minimum absolute atomic E-state index is 0. The number of aliphatic hydroxyl groups is 5. The number of fused-ring (bicyclic) bond motifs is 5. The van der Waals surface area contributed by atoms with E-state index in [1.807, 2.05) is 6.92 Å². The predicted octanol–water partition coefficient (Wildman–Crippen LogP) is 0.315. The number of hydrogen-bond acceptors (Lipinski definition) is 12. The molecule has 264 valence electrons. The van der Waals surface area contributed by atoms with Crippen LogP contribution in [0.25, 0.3) is 0 Å². The molecular weight excluding hydrogens is 1070 g/mol. The molecule has 11 atom stereocenters. The normalized spacial score (nSPS) is 37.2. The Bertz CT molecular complexity index is 1520. The Morgan fingerprint density at radius 1 is 1.00 bits per heavy atom. The maximum atomic E-state index is 14.4. The number of carbonyl (C=O) groups is 4. The van der Waals surface area contributed by atoms with Crippen molar-refractivity contribution >= 4 is 23.6 Å². The molecule has 6 N–H and O–H groups in total. The second kappa shape index (κ2) is 15.2. The maximum Gasteiger partial charge on any atom is 0.338 e. The van der Waals surface area contributed by atoms with E-state index in [4.69, 9.17) is 14.2 Å². The summed E-state index contributed by atoms with van der Waals surface area (Å²) >= 11 is 0. The number of Topliss-reactive ketones (excluding diaryl/α,β-unsaturated/α-hetero) is 1. The van der Waals surface area contributed by atoms with Crippen molar-refractivity contribution in [2.45, 2.75) is 115 Å². The number of amides is 1. The Kier molecular flexibility index (Phi) is 13.4. The van der Waals surface area contributed by atoms with Crippen molar-refractivity contribution in [1.82, 2.24) is 5.32 Å². The number of hydrogen-bond donors (Lipinski definition) is 6. The van der Waals surface area contributed by atoms with Gasteiger partial charge in [-0.25, -0.2) is 4.79 Å². The van der Waals surface area contributed by atoms with E-state index in [2.05, 4.69) is 5.32 Å². The van der Waals surface area contributed by atoms with E-state index in [0.29, 0.717) is 5.56 Å². The van der Waals surface area contributed by atoms with Gasteiger partial charge in [-0.2, -0.15) is 0 Å². The Hall–Kier alpha value is -0.317. The van der Waals surface area contributed by atoms with Crippen LogP contribution in [-0.2, 0) is 33.4 Å². The number of ether oxygens (including phenoxy) is 3. The molecule has 1 aromatic rings. The molecule has 0 spiro atoms. The van der Waals surface area contributed by atoms with E-state index in [1.165, 1.54) is 20.8 Å². The predicted molar refractivity (Wildman–Crippen MR) is 163 cm³/mol. The summed E-state index contributed by atoms with van der Waals surface area (Å²) in [6, 6.07) is 5.59. The van der Waals surface area contributed by atoms with Crippen molar-refractivity contribution in [1.29, 1.82) is 0 Å². The summed E-state index contributed by atoms with van der Waals surface area (Å²) < 4.78 is 17.2. The van der Waals surface area contributed by atoms with Gasteiger partial charge in [0.05, 0.1) is 30.3 Å². The second-order valence-corrected chi connectivity index (χ2v) is 14.4. The molecule has 1 amide bonds. The molecule has 2 saturated carbocycles. The molecule has 1 heterocycles. The van der Waals surface area contributed by atoms with Gasteiger partial charge in [-0.15, -0.1) is 0 Å². The van der Waals surface area contributed by atoms with Crippen molar-refractivity contribution in [3.63, 3.8) is 0 Å². The quantitative estimate of drug-likeness (QED) is 0.168. The Balaban J connectivity index is 0.00000325. The smallest absolute Gasteiger partial charge is 0.338 e. The fourth-order valence-corrected chi connectivity index (χ4v) is 8.48. The fraction of sp³-hybridized carbons (Fsp3) is 0.647. The summed E-state index contributed by atoms with van der Waals surface area (Å²) in [7, 11) is 0. The van der Waals surface area contributed by atoms with Gasteiger partial charge >= 0.3 is 11.9 Å². The molecule has 15 heteroatoms. The van der Waals surface area contributed by atoms with E-state index < -0.39 is 101 Å².